The molecular weight excluding hydrogens is 640 g/mol. The lowest BCUT2D eigenvalue weighted by Crippen LogP contribution is -2.47. The second kappa shape index (κ2) is 18.2. The molecule has 0 saturated carbocycles. The first-order valence-electron chi connectivity index (χ1n) is 16.0. The maximum atomic E-state index is 13.3. The number of thiocarbonyl (C=S) groups is 1. The Morgan fingerprint density at radius 3 is 1.90 bits per heavy atom. The maximum absolute atomic E-state index is 13.3. The van der Waals surface area contributed by atoms with Crippen molar-refractivity contribution in [2.45, 2.75) is 92.2 Å². The molecule has 1 aliphatic rings. The number of hydrogen-bond donors (Lipinski definition) is 1. The molecule has 1 N–H and O–H groups in total. The van der Waals surface area contributed by atoms with Crippen molar-refractivity contribution in [3.63, 3.8) is 0 Å². The van der Waals surface area contributed by atoms with Crippen molar-refractivity contribution in [2.75, 3.05) is 59.0 Å². The van der Waals surface area contributed by atoms with Crippen LogP contribution in [-0.4, -0.2) is 125 Å². The van der Waals surface area contributed by atoms with Crippen LogP contribution >= 0.6 is 12.2 Å². The molecule has 268 valence electrons. The monoisotopic (exact) mass is 692 g/mol. The molecule has 1 aliphatic heterocycles. The Bertz CT molecular complexity index is 1310. The number of carbonyl (C=O) groups excluding carboxylic acids is 4. The van der Waals surface area contributed by atoms with Crippen molar-refractivity contribution >= 4 is 41.3 Å². The van der Waals surface area contributed by atoms with Crippen LogP contribution in [-0.2, 0) is 41.7 Å². The fourth-order valence-corrected chi connectivity index (χ4v) is 4.58. The third kappa shape index (κ3) is 17.0. The first kappa shape index (κ1) is 40.5. The van der Waals surface area contributed by atoms with Crippen molar-refractivity contribution in [3.05, 3.63) is 23.5 Å². The molecule has 0 aliphatic carbocycles. The van der Waals surface area contributed by atoms with Crippen molar-refractivity contribution in [1.82, 2.24) is 25.0 Å². The summed E-state index contributed by atoms with van der Waals surface area (Å²) in [7, 11) is 0. The number of ether oxygens (including phenoxy) is 4. The molecule has 2 heterocycles. The molecule has 48 heavy (non-hydrogen) atoms. The lowest BCUT2D eigenvalue weighted by atomic mass is 10.2. The Morgan fingerprint density at radius 1 is 0.833 bits per heavy atom. The quantitative estimate of drug-likeness (QED) is 0.126. The van der Waals surface area contributed by atoms with Gasteiger partial charge in [0.2, 0.25) is 0 Å². The van der Waals surface area contributed by atoms with Gasteiger partial charge in [0.15, 0.2) is 6.61 Å². The second-order valence-electron chi connectivity index (χ2n) is 14.4. The fourth-order valence-electron chi connectivity index (χ4n) is 4.48. The summed E-state index contributed by atoms with van der Waals surface area (Å²) in [5.74, 6) is -0.871. The molecule has 0 aromatic carbocycles. The molecule has 14 nitrogen and oxygen atoms in total. The largest absolute Gasteiger partial charge is 0.482 e. The predicted octanol–water partition coefficient (Wildman–Crippen LogP) is 3.22. The molecule has 2 amide bonds. The van der Waals surface area contributed by atoms with Crippen LogP contribution in [0.1, 0.15) is 73.7 Å². The van der Waals surface area contributed by atoms with Gasteiger partial charge < -0.3 is 29.2 Å². The van der Waals surface area contributed by atoms with Gasteiger partial charge in [0.25, 0.3) is 5.91 Å². The number of pyridine rings is 1. The summed E-state index contributed by atoms with van der Waals surface area (Å²) in [6.07, 6.45) is -0.517. The van der Waals surface area contributed by atoms with Gasteiger partial charge in [-0.15, -0.1) is 0 Å². The number of hydrogen-bond acceptors (Lipinski definition) is 13. The van der Waals surface area contributed by atoms with Crippen LogP contribution in [0, 0.1) is 0 Å². The van der Waals surface area contributed by atoms with Crippen LogP contribution < -0.4 is 10.1 Å². The highest BCUT2D eigenvalue weighted by molar-refractivity contribution is 7.78. The van der Waals surface area contributed by atoms with Crippen molar-refractivity contribution in [1.29, 1.82) is 0 Å². The lowest BCUT2D eigenvalue weighted by Gasteiger charge is -2.33. The van der Waals surface area contributed by atoms with E-state index in [0.717, 1.165) is 0 Å². The molecule has 2 rings (SSSR count). The van der Waals surface area contributed by atoms with Gasteiger partial charge in [-0.1, -0.05) is 0 Å². The first-order chi connectivity index (χ1) is 22.2. The number of aliphatic imine (C=N–C) groups is 1. The standard InChI is InChI=1S/C33H52N6O8S/c1-31(2,3)45-28(41)20-37-14-16-39(30(43)47-33(7,8)9)17-15-38(21-29(42)46-32(4,5)6)19-25-26(11-10-24(18-37)36-25)44-22-27(40)35-13-12-34-23-48/h10-11H,12-22H2,1-9H3,(H,35,40). The lowest BCUT2D eigenvalue weighted by molar-refractivity contribution is -0.157. The van der Waals surface area contributed by atoms with E-state index in [2.05, 4.69) is 27.7 Å². The zero-order chi connectivity index (χ0) is 36.1. The zero-order valence-corrected chi connectivity index (χ0v) is 30.7. The number of aromatic nitrogens is 1. The van der Waals surface area contributed by atoms with Gasteiger partial charge >= 0.3 is 18.0 Å². The van der Waals surface area contributed by atoms with Crippen LogP contribution in [0.15, 0.2) is 17.1 Å². The van der Waals surface area contributed by atoms with Gasteiger partial charge in [0.1, 0.15) is 22.6 Å². The summed E-state index contributed by atoms with van der Waals surface area (Å²) >= 11 is 4.55. The van der Waals surface area contributed by atoms with Crippen molar-refractivity contribution < 1.29 is 38.1 Å². The fraction of sp³-hybridized carbons (Fsp3) is 0.697. The summed E-state index contributed by atoms with van der Waals surface area (Å²) in [4.78, 5) is 65.5. The highest BCUT2D eigenvalue weighted by atomic mass is 32.1. The topological polar surface area (TPSA) is 152 Å². The zero-order valence-electron chi connectivity index (χ0n) is 29.8. The number of nitrogens with one attached hydrogen (secondary N) is 1. The average Bonchev–Trinajstić information content (AvgIpc) is 2.91. The summed E-state index contributed by atoms with van der Waals surface area (Å²) in [6.45, 7) is 17.7. The smallest absolute Gasteiger partial charge is 0.410 e. The van der Waals surface area contributed by atoms with Crippen LogP contribution in [0.4, 0.5) is 4.79 Å². The minimum atomic E-state index is -0.732. The molecule has 1 aromatic heterocycles. The van der Waals surface area contributed by atoms with E-state index >= 15 is 0 Å². The van der Waals surface area contributed by atoms with Crippen LogP contribution in [0.3, 0.4) is 0 Å². The molecule has 2 bridgehead atoms. The van der Waals surface area contributed by atoms with Gasteiger partial charge in [-0.2, -0.15) is 0 Å². The Hall–Kier alpha value is -3.65. The van der Waals surface area contributed by atoms with Gasteiger partial charge in [-0.3, -0.25) is 29.2 Å². The Balaban J connectivity index is 2.47. The molecule has 15 heteroatoms. The average molecular weight is 693 g/mol. The number of amides is 2. The van der Waals surface area contributed by atoms with E-state index in [1.807, 2.05) is 9.80 Å². The van der Waals surface area contributed by atoms with Gasteiger partial charge in [-0.25, -0.2) is 9.79 Å². The maximum Gasteiger partial charge on any atom is 0.410 e. The number of isothiocyanates is 1. The second-order valence-corrected chi connectivity index (χ2v) is 14.6. The summed E-state index contributed by atoms with van der Waals surface area (Å²) in [6, 6.07) is 3.47. The van der Waals surface area contributed by atoms with E-state index in [9.17, 15) is 19.2 Å². The van der Waals surface area contributed by atoms with Crippen molar-refractivity contribution in [3.8, 4) is 5.75 Å². The predicted molar refractivity (Wildman–Crippen MR) is 183 cm³/mol. The first-order valence-corrected chi connectivity index (χ1v) is 16.4. The highest BCUT2D eigenvalue weighted by Gasteiger charge is 2.28. The summed E-state index contributed by atoms with van der Waals surface area (Å²) in [5, 5.41) is 4.95. The van der Waals surface area contributed by atoms with E-state index in [4.69, 9.17) is 23.9 Å². The normalized spacial score (nSPS) is 15.2. The van der Waals surface area contributed by atoms with Crippen LogP contribution in [0.2, 0.25) is 0 Å². The minimum absolute atomic E-state index is 0.0348. The molecular formula is C33H52N6O8S. The molecule has 0 atom stereocenters. The molecule has 0 radical (unpaired) electrons. The molecule has 0 fully saturated rings. The van der Waals surface area contributed by atoms with Crippen LogP contribution in [0.5, 0.6) is 5.75 Å². The summed E-state index contributed by atoms with van der Waals surface area (Å²) in [5.41, 5.74) is -1.01. The van der Waals surface area contributed by atoms with E-state index in [1.165, 1.54) is 0 Å². The Kier molecular flexibility index (Phi) is 15.4. The number of carbonyl (C=O) groups is 4. The molecule has 0 spiro atoms. The Labute approximate surface area is 289 Å². The van der Waals surface area contributed by atoms with E-state index in [-0.39, 0.29) is 64.9 Å². The third-order valence-corrected chi connectivity index (χ3v) is 6.42. The van der Waals surface area contributed by atoms with E-state index in [0.29, 0.717) is 30.2 Å². The third-order valence-electron chi connectivity index (χ3n) is 6.29. The number of esters is 2. The molecule has 0 unspecified atom stereocenters. The SMILES string of the molecule is CC(C)(C)OC(=O)CN1CCN(C(=O)OC(C)(C)C)CCN(CC(=O)OC(C)(C)C)Cc2nc(ccc2OCC(=O)NCCN=C=S)C1. The van der Waals surface area contributed by atoms with E-state index in [1.54, 1.807) is 79.3 Å². The number of rotatable bonds is 10. The number of fused-ring (bicyclic) bond motifs is 2. The highest BCUT2D eigenvalue weighted by Crippen LogP contribution is 2.22. The van der Waals surface area contributed by atoms with E-state index < -0.39 is 34.8 Å². The molecule has 1 aromatic rings. The van der Waals surface area contributed by atoms with Crippen LogP contribution in [0.25, 0.3) is 0 Å². The Morgan fingerprint density at radius 2 is 1.38 bits per heavy atom. The van der Waals surface area contributed by atoms with Gasteiger partial charge in [0.05, 0.1) is 36.2 Å². The van der Waals surface area contributed by atoms with Crippen molar-refractivity contribution in [2.24, 2.45) is 4.99 Å². The summed E-state index contributed by atoms with van der Waals surface area (Å²) < 4.78 is 22.8. The van der Waals surface area contributed by atoms with Gasteiger partial charge in [0, 0.05) is 45.8 Å². The minimum Gasteiger partial charge on any atom is -0.482 e. The molecule has 0 saturated heterocycles. The van der Waals surface area contributed by atoms with Gasteiger partial charge in [-0.05, 0) is 86.7 Å². The number of nitrogens with zero attached hydrogens (tertiary/aromatic N) is 5.